The molecular formula is C29H29N7O2. The first kappa shape index (κ1) is 23.9. The van der Waals surface area contributed by atoms with Crippen molar-refractivity contribution in [2.45, 2.75) is 12.5 Å². The van der Waals surface area contributed by atoms with Crippen LogP contribution in [0.5, 0.6) is 11.5 Å². The SMILES string of the molecule is COc1ccc(-c2cnc3nc(N)nc(N4CCNCC4Cc4cccc5ccccc45)c3n2)cc1OC. The minimum Gasteiger partial charge on any atom is -0.493 e. The van der Waals surface area contributed by atoms with E-state index < -0.39 is 0 Å². The first-order valence-electron chi connectivity index (χ1n) is 12.6. The first-order chi connectivity index (χ1) is 18.6. The van der Waals surface area contributed by atoms with Crippen LogP contribution in [0.1, 0.15) is 5.56 Å². The van der Waals surface area contributed by atoms with Crippen LogP contribution in [0.4, 0.5) is 11.8 Å². The standard InChI is InChI=1S/C29H29N7O2/c1-37-24-11-10-20(15-25(24)38-2)23-17-32-27-26(33-23)28(35-29(30)34-27)36-13-12-31-16-21(36)14-19-8-5-7-18-6-3-4-9-22(18)19/h3-11,15,17,21,31H,12-14,16H2,1-2H3,(H2,30,32,34,35). The van der Waals surface area contributed by atoms with Gasteiger partial charge in [-0.15, -0.1) is 0 Å². The maximum absolute atomic E-state index is 6.16. The van der Waals surface area contributed by atoms with E-state index in [1.807, 2.05) is 18.2 Å². The highest BCUT2D eigenvalue weighted by Crippen LogP contribution is 2.33. The molecule has 38 heavy (non-hydrogen) atoms. The average Bonchev–Trinajstić information content (AvgIpc) is 2.96. The normalized spacial score (nSPS) is 15.6. The van der Waals surface area contributed by atoms with Crippen LogP contribution >= 0.6 is 0 Å². The summed E-state index contributed by atoms with van der Waals surface area (Å²) in [5, 5.41) is 6.05. The van der Waals surface area contributed by atoms with E-state index in [1.165, 1.54) is 16.3 Å². The Balaban J connectivity index is 1.42. The Morgan fingerprint density at radius 3 is 2.68 bits per heavy atom. The minimum absolute atomic E-state index is 0.151. The molecule has 1 aliphatic rings. The second-order valence-electron chi connectivity index (χ2n) is 9.30. The molecule has 9 heteroatoms. The van der Waals surface area contributed by atoms with Crippen LogP contribution in [-0.2, 0) is 6.42 Å². The highest BCUT2D eigenvalue weighted by Gasteiger charge is 2.27. The Labute approximate surface area is 220 Å². The van der Waals surface area contributed by atoms with Crippen molar-refractivity contribution in [3.8, 4) is 22.8 Å². The van der Waals surface area contributed by atoms with Crippen molar-refractivity contribution in [2.75, 3.05) is 44.5 Å². The molecule has 0 spiro atoms. The van der Waals surface area contributed by atoms with E-state index in [2.05, 4.69) is 62.6 Å². The topological polar surface area (TPSA) is 111 Å². The molecule has 6 rings (SSSR count). The fraction of sp³-hybridized carbons (Fsp3) is 0.241. The van der Waals surface area contributed by atoms with Crippen molar-refractivity contribution in [3.05, 3.63) is 72.4 Å². The van der Waals surface area contributed by atoms with Crippen LogP contribution in [0.3, 0.4) is 0 Å². The Bertz CT molecular complexity index is 1620. The van der Waals surface area contributed by atoms with Gasteiger partial charge in [-0.1, -0.05) is 42.5 Å². The van der Waals surface area contributed by atoms with E-state index in [0.717, 1.165) is 31.6 Å². The predicted molar refractivity (Wildman–Crippen MR) is 150 cm³/mol. The van der Waals surface area contributed by atoms with E-state index in [9.17, 15) is 0 Å². The quantitative estimate of drug-likeness (QED) is 0.354. The molecule has 1 aliphatic heterocycles. The van der Waals surface area contributed by atoms with Crippen molar-refractivity contribution in [2.24, 2.45) is 0 Å². The van der Waals surface area contributed by atoms with Gasteiger partial charge in [0.05, 0.1) is 26.1 Å². The number of ether oxygens (including phenoxy) is 2. The van der Waals surface area contributed by atoms with Gasteiger partial charge < -0.3 is 25.4 Å². The highest BCUT2D eigenvalue weighted by molar-refractivity contribution is 5.87. The van der Waals surface area contributed by atoms with Crippen molar-refractivity contribution in [1.29, 1.82) is 0 Å². The maximum atomic E-state index is 6.16. The lowest BCUT2D eigenvalue weighted by molar-refractivity contribution is 0.355. The number of nitrogens with two attached hydrogens (primary N) is 1. The molecule has 3 N–H and O–H groups in total. The summed E-state index contributed by atoms with van der Waals surface area (Å²) in [5.74, 6) is 2.16. The zero-order valence-electron chi connectivity index (χ0n) is 21.4. The molecule has 0 aliphatic carbocycles. The number of nitrogens with zero attached hydrogens (tertiary/aromatic N) is 5. The molecule has 5 aromatic rings. The van der Waals surface area contributed by atoms with E-state index in [1.54, 1.807) is 20.4 Å². The summed E-state index contributed by atoms with van der Waals surface area (Å²) in [6, 6.07) is 20.8. The fourth-order valence-corrected chi connectivity index (χ4v) is 5.19. The van der Waals surface area contributed by atoms with Crippen molar-refractivity contribution in [1.82, 2.24) is 25.3 Å². The van der Waals surface area contributed by atoms with Gasteiger partial charge in [0.1, 0.15) is 0 Å². The van der Waals surface area contributed by atoms with Crippen molar-refractivity contribution in [3.63, 3.8) is 0 Å². The molecule has 0 radical (unpaired) electrons. The summed E-state index contributed by atoms with van der Waals surface area (Å²) in [6.45, 7) is 2.42. The molecule has 2 aromatic heterocycles. The number of piperazine rings is 1. The Morgan fingerprint density at radius 2 is 1.82 bits per heavy atom. The van der Waals surface area contributed by atoms with E-state index in [0.29, 0.717) is 34.2 Å². The lowest BCUT2D eigenvalue weighted by Crippen LogP contribution is -2.53. The Hall–Kier alpha value is -4.50. The summed E-state index contributed by atoms with van der Waals surface area (Å²) in [6.07, 6.45) is 2.55. The van der Waals surface area contributed by atoms with Crippen LogP contribution in [-0.4, -0.2) is 59.8 Å². The molecule has 1 unspecified atom stereocenters. The second kappa shape index (κ2) is 10.1. The fourth-order valence-electron chi connectivity index (χ4n) is 5.19. The first-order valence-corrected chi connectivity index (χ1v) is 12.6. The van der Waals surface area contributed by atoms with Gasteiger partial charge in [-0.2, -0.15) is 9.97 Å². The molecule has 3 aromatic carbocycles. The number of rotatable bonds is 6. The zero-order chi connectivity index (χ0) is 26.1. The molecular weight excluding hydrogens is 478 g/mol. The van der Waals surface area contributed by atoms with Gasteiger partial charge in [-0.25, -0.2) is 9.97 Å². The van der Waals surface area contributed by atoms with Gasteiger partial charge in [-0.3, -0.25) is 0 Å². The minimum atomic E-state index is 0.151. The van der Waals surface area contributed by atoms with Gasteiger partial charge in [0, 0.05) is 31.2 Å². The number of fused-ring (bicyclic) bond motifs is 2. The summed E-state index contributed by atoms with van der Waals surface area (Å²) < 4.78 is 10.9. The van der Waals surface area contributed by atoms with E-state index >= 15 is 0 Å². The second-order valence-corrected chi connectivity index (χ2v) is 9.30. The molecule has 1 atom stereocenters. The number of methoxy groups -OCH3 is 2. The van der Waals surface area contributed by atoms with E-state index in [-0.39, 0.29) is 12.0 Å². The number of anilines is 2. The molecule has 9 nitrogen and oxygen atoms in total. The van der Waals surface area contributed by atoms with Crippen LogP contribution in [0.2, 0.25) is 0 Å². The third-order valence-electron chi connectivity index (χ3n) is 7.04. The van der Waals surface area contributed by atoms with Crippen LogP contribution < -0.4 is 25.4 Å². The zero-order valence-corrected chi connectivity index (χ0v) is 21.4. The van der Waals surface area contributed by atoms with Gasteiger partial charge >= 0.3 is 0 Å². The number of hydrogen-bond donors (Lipinski definition) is 2. The largest absolute Gasteiger partial charge is 0.493 e. The number of aromatic nitrogens is 4. The molecule has 1 fully saturated rings. The van der Waals surface area contributed by atoms with Crippen LogP contribution in [0.25, 0.3) is 33.2 Å². The van der Waals surface area contributed by atoms with E-state index in [4.69, 9.17) is 25.2 Å². The van der Waals surface area contributed by atoms with Gasteiger partial charge in [-0.05, 0) is 41.0 Å². The number of nitrogen functional groups attached to an aromatic ring is 1. The third kappa shape index (κ3) is 4.41. The predicted octanol–water partition coefficient (Wildman–Crippen LogP) is 3.86. The van der Waals surface area contributed by atoms with Gasteiger partial charge in [0.15, 0.2) is 28.5 Å². The molecule has 0 saturated carbocycles. The third-order valence-corrected chi connectivity index (χ3v) is 7.04. The molecule has 192 valence electrons. The maximum Gasteiger partial charge on any atom is 0.224 e. The monoisotopic (exact) mass is 507 g/mol. The summed E-state index contributed by atoms with van der Waals surface area (Å²) >= 11 is 0. The highest BCUT2D eigenvalue weighted by atomic mass is 16.5. The molecule has 0 amide bonds. The van der Waals surface area contributed by atoms with Crippen LogP contribution in [0.15, 0.2) is 66.9 Å². The molecule has 1 saturated heterocycles. The summed E-state index contributed by atoms with van der Waals surface area (Å²) in [4.78, 5) is 21.0. The van der Waals surface area contributed by atoms with Crippen molar-refractivity contribution >= 4 is 33.7 Å². The smallest absolute Gasteiger partial charge is 0.224 e. The average molecular weight is 508 g/mol. The number of benzene rings is 3. The van der Waals surface area contributed by atoms with Crippen LogP contribution in [0, 0.1) is 0 Å². The molecule has 0 bridgehead atoms. The molecule has 3 heterocycles. The number of hydrogen-bond acceptors (Lipinski definition) is 9. The van der Waals surface area contributed by atoms with Gasteiger partial charge in [0.2, 0.25) is 5.95 Å². The lowest BCUT2D eigenvalue weighted by atomic mass is 9.97. The lowest BCUT2D eigenvalue weighted by Gasteiger charge is -2.37. The number of nitrogens with one attached hydrogen (secondary N) is 1. The summed E-state index contributed by atoms with van der Waals surface area (Å²) in [7, 11) is 3.23. The Morgan fingerprint density at radius 1 is 0.974 bits per heavy atom. The summed E-state index contributed by atoms with van der Waals surface area (Å²) in [5.41, 5.74) is 10.1. The van der Waals surface area contributed by atoms with Gasteiger partial charge in [0.25, 0.3) is 0 Å². The van der Waals surface area contributed by atoms with Crippen molar-refractivity contribution < 1.29 is 9.47 Å². The Kier molecular flexibility index (Phi) is 6.35.